The van der Waals surface area contributed by atoms with Gasteiger partial charge in [0.25, 0.3) is 0 Å². The highest BCUT2D eigenvalue weighted by Crippen LogP contribution is 2.15. The van der Waals surface area contributed by atoms with E-state index in [1.165, 1.54) is 18.6 Å². The van der Waals surface area contributed by atoms with E-state index in [2.05, 4.69) is 9.97 Å². The van der Waals surface area contributed by atoms with E-state index in [1.54, 1.807) is 0 Å². The Bertz CT molecular complexity index is 339. The number of rotatable bonds is 4. The van der Waals surface area contributed by atoms with E-state index in [0.29, 0.717) is 0 Å². The highest BCUT2D eigenvalue weighted by Gasteiger charge is 2.23. The molecule has 0 fully saturated rings. The third-order valence-electron chi connectivity index (χ3n) is 1.64. The molecule has 74 valence electrons. The van der Waals surface area contributed by atoms with Crippen molar-refractivity contribution in [1.82, 2.24) is 9.97 Å². The van der Waals surface area contributed by atoms with Gasteiger partial charge in [0, 0.05) is 25.0 Å². The monoisotopic (exact) mass is 195 g/mol. The first-order valence-electron chi connectivity index (χ1n) is 3.88. The number of carboxylic acids is 1. The quantitative estimate of drug-likeness (QED) is 0.674. The van der Waals surface area contributed by atoms with Gasteiger partial charge >= 0.3 is 5.97 Å². The Morgan fingerprint density at radius 1 is 1.50 bits per heavy atom. The van der Waals surface area contributed by atoms with Crippen molar-refractivity contribution >= 4 is 11.9 Å². The van der Waals surface area contributed by atoms with Crippen LogP contribution in [0, 0.1) is 0 Å². The van der Waals surface area contributed by atoms with Crippen molar-refractivity contribution in [2.75, 3.05) is 0 Å². The van der Waals surface area contributed by atoms with E-state index < -0.39 is 17.8 Å². The Kier molecular flexibility index (Phi) is 3.11. The fraction of sp³-hybridized carbons (Fsp3) is 0.250. The summed E-state index contributed by atoms with van der Waals surface area (Å²) < 4.78 is 0. The van der Waals surface area contributed by atoms with Crippen LogP contribution < -0.4 is 5.73 Å². The van der Waals surface area contributed by atoms with Gasteiger partial charge < -0.3 is 10.8 Å². The van der Waals surface area contributed by atoms with Gasteiger partial charge in [0.2, 0.25) is 5.91 Å². The van der Waals surface area contributed by atoms with Gasteiger partial charge in [-0.05, 0) is 0 Å². The molecule has 0 aliphatic heterocycles. The summed E-state index contributed by atoms with van der Waals surface area (Å²) in [6, 6.07) is 0. The summed E-state index contributed by atoms with van der Waals surface area (Å²) in [4.78, 5) is 28.9. The van der Waals surface area contributed by atoms with Crippen molar-refractivity contribution in [3.8, 4) is 0 Å². The van der Waals surface area contributed by atoms with Crippen molar-refractivity contribution in [1.29, 1.82) is 0 Å². The number of carboxylic acid groups (broad SMARTS) is 1. The van der Waals surface area contributed by atoms with Crippen LogP contribution in [0.2, 0.25) is 0 Å². The highest BCUT2D eigenvalue weighted by molar-refractivity contribution is 5.84. The number of hydrogen-bond acceptors (Lipinski definition) is 4. The first-order valence-corrected chi connectivity index (χ1v) is 3.88. The Morgan fingerprint density at radius 2 is 2.21 bits per heavy atom. The summed E-state index contributed by atoms with van der Waals surface area (Å²) in [6.45, 7) is 0. The van der Waals surface area contributed by atoms with Crippen LogP contribution in [0.25, 0.3) is 0 Å². The smallest absolute Gasteiger partial charge is 0.313 e. The molecule has 0 radical (unpaired) electrons. The predicted octanol–water partition coefficient (Wildman–Crippen LogP) is -0.480. The number of aliphatic carboxylic acids is 1. The van der Waals surface area contributed by atoms with E-state index in [-0.39, 0.29) is 12.1 Å². The zero-order valence-corrected chi connectivity index (χ0v) is 7.25. The van der Waals surface area contributed by atoms with E-state index in [9.17, 15) is 9.59 Å². The normalized spacial score (nSPS) is 12.0. The van der Waals surface area contributed by atoms with Crippen LogP contribution in [-0.2, 0) is 9.59 Å². The highest BCUT2D eigenvalue weighted by atomic mass is 16.4. The van der Waals surface area contributed by atoms with E-state index in [1.807, 2.05) is 0 Å². The van der Waals surface area contributed by atoms with Crippen LogP contribution in [0.4, 0.5) is 0 Å². The third kappa shape index (κ3) is 2.51. The third-order valence-corrected chi connectivity index (χ3v) is 1.64. The number of hydrogen-bond donors (Lipinski definition) is 2. The number of aromatic nitrogens is 2. The molecule has 1 unspecified atom stereocenters. The Hall–Kier alpha value is -1.98. The average Bonchev–Trinajstić information content (AvgIpc) is 2.15. The molecule has 1 heterocycles. The molecular formula is C8H9N3O3. The average molecular weight is 195 g/mol. The van der Waals surface area contributed by atoms with Crippen molar-refractivity contribution in [2.45, 2.75) is 12.3 Å². The van der Waals surface area contributed by atoms with Gasteiger partial charge in [-0.1, -0.05) is 0 Å². The topological polar surface area (TPSA) is 106 Å². The minimum Gasteiger partial charge on any atom is -0.481 e. The second kappa shape index (κ2) is 4.31. The maximum Gasteiger partial charge on any atom is 0.313 e. The molecule has 0 aliphatic rings. The molecule has 0 spiro atoms. The molecule has 6 nitrogen and oxygen atoms in total. The number of nitrogens with two attached hydrogens (primary N) is 1. The van der Waals surface area contributed by atoms with Crippen molar-refractivity contribution < 1.29 is 14.7 Å². The Labute approximate surface area is 79.8 Å². The van der Waals surface area contributed by atoms with Gasteiger partial charge in [-0.2, -0.15) is 0 Å². The molecule has 1 atom stereocenters. The lowest BCUT2D eigenvalue weighted by Gasteiger charge is -2.07. The molecular weight excluding hydrogens is 186 g/mol. The number of carbonyl (C=O) groups is 2. The zero-order valence-electron chi connectivity index (χ0n) is 7.25. The minimum atomic E-state index is -1.13. The molecule has 1 rings (SSSR count). The molecule has 0 bridgehead atoms. The van der Waals surface area contributed by atoms with Crippen molar-refractivity contribution in [3.05, 3.63) is 24.3 Å². The van der Waals surface area contributed by atoms with Gasteiger partial charge in [0.1, 0.15) is 5.92 Å². The lowest BCUT2D eigenvalue weighted by atomic mass is 10.0. The summed E-state index contributed by atoms with van der Waals surface area (Å²) >= 11 is 0. The molecule has 1 aromatic heterocycles. The minimum absolute atomic E-state index is 0.235. The van der Waals surface area contributed by atoms with Crippen molar-refractivity contribution in [3.63, 3.8) is 0 Å². The van der Waals surface area contributed by atoms with Crippen LogP contribution in [0.15, 0.2) is 18.6 Å². The second-order valence-corrected chi connectivity index (χ2v) is 2.69. The van der Waals surface area contributed by atoms with E-state index in [4.69, 9.17) is 10.8 Å². The summed E-state index contributed by atoms with van der Waals surface area (Å²) in [5.74, 6) is -2.83. The largest absolute Gasteiger partial charge is 0.481 e. The summed E-state index contributed by atoms with van der Waals surface area (Å²) in [5.41, 5.74) is 5.15. The van der Waals surface area contributed by atoms with Gasteiger partial charge in [-0.15, -0.1) is 0 Å². The molecule has 0 aliphatic carbocycles. The van der Waals surface area contributed by atoms with E-state index in [0.717, 1.165) is 0 Å². The summed E-state index contributed by atoms with van der Waals surface area (Å²) in [5, 5.41) is 8.80. The standard InChI is InChI=1S/C8H9N3O3/c9-7(12)3-5(8(13)14)6-4-10-1-2-11-6/h1-2,4-5H,3H2,(H2,9,12)(H,13,14). The molecule has 1 aromatic rings. The lowest BCUT2D eigenvalue weighted by molar-refractivity contribution is -0.140. The molecule has 0 aromatic carbocycles. The summed E-state index contributed by atoms with van der Waals surface area (Å²) in [6.07, 6.45) is 3.83. The van der Waals surface area contributed by atoms with Crippen LogP contribution >= 0.6 is 0 Å². The zero-order chi connectivity index (χ0) is 10.6. The predicted molar refractivity (Wildman–Crippen MR) is 46.2 cm³/mol. The fourth-order valence-corrected chi connectivity index (χ4v) is 1.01. The van der Waals surface area contributed by atoms with Gasteiger partial charge in [-0.3, -0.25) is 19.6 Å². The number of nitrogens with zero attached hydrogens (tertiary/aromatic N) is 2. The van der Waals surface area contributed by atoms with Gasteiger partial charge in [-0.25, -0.2) is 0 Å². The Morgan fingerprint density at radius 3 is 2.64 bits per heavy atom. The van der Waals surface area contributed by atoms with Crippen molar-refractivity contribution in [2.24, 2.45) is 5.73 Å². The molecule has 6 heteroatoms. The molecule has 0 saturated heterocycles. The first kappa shape index (κ1) is 10.1. The molecule has 3 N–H and O–H groups in total. The van der Waals surface area contributed by atoms with Crippen LogP contribution in [0.3, 0.4) is 0 Å². The first-order chi connectivity index (χ1) is 6.61. The maximum atomic E-state index is 10.8. The number of carbonyl (C=O) groups excluding carboxylic acids is 1. The maximum absolute atomic E-state index is 10.8. The van der Waals surface area contributed by atoms with E-state index >= 15 is 0 Å². The van der Waals surface area contributed by atoms with Gasteiger partial charge in [0.05, 0.1) is 5.69 Å². The molecule has 14 heavy (non-hydrogen) atoms. The van der Waals surface area contributed by atoms with Crippen LogP contribution in [0.1, 0.15) is 18.0 Å². The SMILES string of the molecule is NC(=O)CC(C(=O)O)c1cnccn1. The fourth-order valence-electron chi connectivity index (χ4n) is 1.01. The Balaban J connectivity index is 2.89. The number of amides is 1. The second-order valence-electron chi connectivity index (χ2n) is 2.69. The lowest BCUT2D eigenvalue weighted by Crippen LogP contribution is -2.21. The molecule has 0 saturated carbocycles. The molecule has 1 amide bonds. The van der Waals surface area contributed by atoms with Crippen LogP contribution in [0.5, 0.6) is 0 Å². The number of primary amides is 1. The van der Waals surface area contributed by atoms with Gasteiger partial charge in [0.15, 0.2) is 0 Å². The summed E-state index contributed by atoms with van der Waals surface area (Å²) in [7, 11) is 0. The van der Waals surface area contributed by atoms with Crippen LogP contribution in [-0.4, -0.2) is 27.0 Å².